The van der Waals surface area contributed by atoms with Crippen molar-refractivity contribution in [1.29, 1.82) is 0 Å². The van der Waals surface area contributed by atoms with Crippen molar-refractivity contribution in [1.82, 2.24) is 5.32 Å². The van der Waals surface area contributed by atoms with Gasteiger partial charge in [-0.3, -0.25) is 14.9 Å². The van der Waals surface area contributed by atoms with Gasteiger partial charge in [0.15, 0.2) is 11.5 Å². The van der Waals surface area contributed by atoms with Crippen LogP contribution in [0.4, 0.5) is 16.2 Å². The van der Waals surface area contributed by atoms with Crippen molar-refractivity contribution in [3.05, 3.63) is 123 Å². The average molecular weight is 679 g/mol. The first-order chi connectivity index (χ1) is 22.4. The van der Waals surface area contributed by atoms with E-state index in [-0.39, 0.29) is 17.4 Å². The van der Waals surface area contributed by atoms with E-state index in [0.29, 0.717) is 27.2 Å². The fourth-order valence-electron chi connectivity index (χ4n) is 7.05. The third-order valence-electron chi connectivity index (χ3n) is 9.13. The molecule has 0 bridgehead atoms. The predicted molar refractivity (Wildman–Crippen MR) is 181 cm³/mol. The number of urea groups is 1. The molecule has 0 saturated carbocycles. The number of methoxy groups -OCH3 is 2. The van der Waals surface area contributed by atoms with Crippen LogP contribution in [0.15, 0.2) is 95.0 Å². The predicted octanol–water partition coefficient (Wildman–Crippen LogP) is 7.01. The second-order valence-corrected chi connectivity index (χ2v) is 12.5. The topological polar surface area (TPSA) is 88.2 Å². The molecule has 3 aliphatic rings. The summed E-state index contributed by atoms with van der Waals surface area (Å²) in [5, 5.41) is 2.40. The Kier molecular flexibility index (Phi) is 7.86. The molecule has 3 aliphatic heterocycles. The van der Waals surface area contributed by atoms with Crippen LogP contribution in [-0.4, -0.2) is 45.2 Å². The summed E-state index contributed by atoms with van der Waals surface area (Å²) in [6, 6.07) is 27.3. The Morgan fingerprint density at radius 2 is 1.39 bits per heavy atom. The van der Waals surface area contributed by atoms with Gasteiger partial charge in [-0.25, -0.2) is 9.69 Å². The summed E-state index contributed by atoms with van der Waals surface area (Å²) < 4.78 is 11.5. The lowest BCUT2D eigenvalue weighted by atomic mass is 9.76. The van der Waals surface area contributed by atoms with Gasteiger partial charge in [-0.05, 0) is 86.9 Å². The second-order valence-electron chi connectivity index (χ2n) is 11.7. The van der Waals surface area contributed by atoms with E-state index < -0.39 is 17.8 Å². The highest BCUT2D eigenvalue weighted by molar-refractivity contribution is 9.10. The molecule has 8 nitrogen and oxygen atoms in total. The molecule has 0 radical (unpaired) electrons. The zero-order valence-corrected chi connectivity index (χ0v) is 27.0. The molecule has 0 unspecified atom stereocenters. The number of benzene rings is 4. The number of amides is 4. The van der Waals surface area contributed by atoms with E-state index in [9.17, 15) is 14.4 Å². The molecule has 1 N–H and O–H groups in total. The summed E-state index contributed by atoms with van der Waals surface area (Å²) in [5.74, 6) is -0.361. The van der Waals surface area contributed by atoms with E-state index in [2.05, 4.69) is 50.4 Å². The van der Waals surface area contributed by atoms with E-state index >= 15 is 0 Å². The summed E-state index contributed by atoms with van der Waals surface area (Å²) >= 11 is 3.47. The fourth-order valence-corrected chi connectivity index (χ4v) is 7.67. The number of imide groups is 2. The summed E-state index contributed by atoms with van der Waals surface area (Å²) in [5.41, 5.74) is 6.52. The molecule has 1 fully saturated rings. The van der Waals surface area contributed by atoms with Crippen LogP contribution >= 0.6 is 15.9 Å². The normalized spacial score (nSPS) is 20.0. The van der Waals surface area contributed by atoms with E-state index in [1.54, 1.807) is 12.1 Å². The minimum Gasteiger partial charge on any atom is -0.493 e. The van der Waals surface area contributed by atoms with Gasteiger partial charge in [0.2, 0.25) is 0 Å². The van der Waals surface area contributed by atoms with Crippen LogP contribution in [0.5, 0.6) is 11.5 Å². The fraction of sp³-hybridized carbons (Fsp3) is 0.216. The SMILES string of the molecule is COc1cc(/C=C2\C(=O)NC(=O)N(c3cc4c5c(c3)[C@H](c3ccccc3)CCN5CC[C@H]4c3ccccc3)C2=O)cc(Br)c1OC. The molecule has 3 heterocycles. The molecule has 2 atom stereocenters. The van der Waals surface area contributed by atoms with Crippen molar-refractivity contribution >= 4 is 51.2 Å². The van der Waals surface area contributed by atoms with Crippen molar-refractivity contribution in [2.45, 2.75) is 24.7 Å². The standard InChI is InChI=1S/C37H32BrN3O5/c1-45-32-19-22(18-31(38)34(32)46-2)17-30-35(42)39-37(44)41(36(30)43)25-20-28-26(23-9-5-3-6-10-23)13-15-40-16-14-27(29(21-25)33(28)40)24-11-7-4-8-12-24/h3-12,17-21,26-27H,13-16H2,1-2H3,(H,39,42,44)/b30-17+/t26-,27-/m0/s1. The van der Waals surface area contributed by atoms with E-state index in [0.717, 1.165) is 42.0 Å². The zero-order chi connectivity index (χ0) is 31.9. The summed E-state index contributed by atoms with van der Waals surface area (Å²) in [4.78, 5) is 44.3. The highest BCUT2D eigenvalue weighted by Crippen LogP contribution is 2.50. The van der Waals surface area contributed by atoms with Gasteiger partial charge in [-0.15, -0.1) is 0 Å². The van der Waals surface area contributed by atoms with E-state index in [1.165, 1.54) is 37.1 Å². The number of halogens is 1. The number of nitrogens with zero attached hydrogens (tertiary/aromatic N) is 2. The van der Waals surface area contributed by atoms with Crippen molar-refractivity contribution < 1.29 is 23.9 Å². The smallest absolute Gasteiger partial charge is 0.335 e. The first-order valence-electron chi connectivity index (χ1n) is 15.2. The lowest BCUT2D eigenvalue weighted by Gasteiger charge is -2.44. The van der Waals surface area contributed by atoms with Crippen molar-refractivity contribution in [2.75, 3.05) is 37.1 Å². The average Bonchev–Trinajstić information content (AvgIpc) is 3.07. The maximum atomic E-state index is 14.2. The molecule has 1 saturated heterocycles. The van der Waals surface area contributed by atoms with Crippen molar-refractivity contribution in [3.8, 4) is 11.5 Å². The van der Waals surface area contributed by atoms with Gasteiger partial charge in [0.05, 0.1) is 24.4 Å². The van der Waals surface area contributed by atoms with Gasteiger partial charge in [0, 0.05) is 30.6 Å². The second kappa shape index (κ2) is 12.1. The third-order valence-corrected chi connectivity index (χ3v) is 9.72. The number of hydrogen-bond donors (Lipinski definition) is 1. The lowest BCUT2D eigenvalue weighted by molar-refractivity contribution is -0.122. The molecule has 232 valence electrons. The molecular formula is C37H32BrN3O5. The Bertz CT molecular complexity index is 1820. The first-order valence-corrected chi connectivity index (χ1v) is 16.0. The molecule has 7 rings (SSSR count). The van der Waals surface area contributed by atoms with Crippen LogP contribution in [-0.2, 0) is 9.59 Å². The quantitative estimate of drug-likeness (QED) is 0.175. The Morgan fingerprint density at radius 1 is 0.804 bits per heavy atom. The van der Waals surface area contributed by atoms with Gasteiger partial charge in [-0.1, -0.05) is 60.7 Å². The molecule has 9 heteroatoms. The number of hydrogen-bond acceptors (Lipinski definition) is 6. The number of rotatable bonds is 6. The zero-order valence-electron chi connectivity index (χ0n) is 25.5. The maximum Gasteiger partial charge on any atom is 0.335 e. The van der Waals surface area contributed by atoms with Gasteiger partial charge in [0.25, 0.3) is 11.8 Å². The Balaban J connectivity index is 1.38. The van der Waals surface area contributed by atoms with Crippen molar-refractivity contribution in [3.63, 3.8) is 0 Å². The molecule has 4 aromatic carbocycles. The van der Waals surface area contributed by atoms with Crippen LogP contribution < -0.4 is 24.6 Å². The molecule has 0 aliphatic carbocycles. The Hall–Kier alpha value is -4.89. The van der Waals surface area contributed by atoms with Crippen LogP contribution in [0.25, 0.3) is 6.08 Å². The minimum absolute atomic E-state index is 0.0874. The lowest BCUT2D eigenvalue weighted by Crippen LogP contribution is -2.54. The van der Waals surface area contributed by atoms with E-state index in [4.69, 9.17) is 9.47 Å². The monoisotopic (exact) mass is 677 g/mol. The summed E-state index contributed by atoms with van der Waals surface area (Å²) in [7, 11) is 3.04. The van der Waals surface area contributed by atoms with Crippen LogP contribution in [0.2, 0.25) is 0 Å². The highest BCUT2D eigenvalue weighted by Gasteiger charge is 2.40. The number of nitrogens with one attached hydrogen (secondary N) is 1. The molecule has 0 spiro atoms. The molecule has 4 amide bonds. The van der Waals surface area contributed by atoms with Crippen LogP contribution in [0.3, 0.4) is 0 Å². The van der Waals surface area contributed by atoms with Gasteiger partial charge in [-0.2, -0.15) is 0 Å². The Labute approximate surface area is 275 Å². The van der Waals surface area contributed by atoms with Gasteiger partial charge in [0.1, 0.15) is 5.57 Å². The highest BCUT2D eigenvalue weighted by atomic mass is 79.9. The van der Waals surface area contributed by atoms with Gasteiger partial charge >= 0.3 is 6.03 Å². The molecule has 46 heavy (non-hydrogen) atoms. The van der Waals surface area contributed by atoms with Crippen LogP contribution in [0, 0.1) is 0 Å². The number of carbonyl (C=O) groups is 3. The minimum atomic E-state index is -0.774. The maximum absolute atomic E-state index is 14.2. The Morgan fingerprint density at radius 3 is 1.93 bits per heavy atom. The molecule has 0 aromatic heterocycles. The van der Waals surface area contributed by atoms with E-state index in [1.807, 2.05) is 48.5 Å². The summed E-state index contributed by atoms with van der Waals surface area (Å²) in [6.07, 6.45) is 3.29. The molecular weight excluding hydrogens is 646 g/mol. The number of ether oxygens (including phenoxy) is 2. The summed E-state index contributed by atoms with van der Waals surface area (Å²) in [6.45, 7) is 1.84. The number of barbiturate groups is 1. The number of carbonyl (C=O) groups excluding carboxylic acids is 3. The number of anilines is 2. The third kappa shape index (κ3) is 5.14. The molecule has 4 aromatic rings. The van der Waals surface area contributed by atoms with Crippen LogP contribution in [0.1, 0.15) is 52.5 Å². The largest absolute Gasteiger partial charge is 0.493 e. The first kappa shape index (κ1) is 29.8. The van der Waals surface area contributed by atoms with Gasteiger partial charge < -0.3 is 14.4 Å². The van der Waals surface area contributed by atoms with Crippen molar-refractivity contribution in [2.24, 2.45) is 0 Å².